The van der Waals surface area contributed by atoms with Crippen molar-refractivity contribution in [2.75, 3.05) is 18.1 Å². The summed E-state index contributed by atoms with van der Waals surface area (Å²) in [4.78, 5) is 25.2. The predicted octanol–water partition coefficient (Wildman–Crippen LogP) is 1.10. The largest absolute Gasteiger partial charge is 0.484 e. The average Bonchev–Trinajstić information content (AvgIpc) is 2.96. The van der Waals surface area contributed by atoms with Crippen LogP contribution in [0, 0.1) is 0 Å². The molecule has 1 aliphatic heterocycles. The van der Waals surface area contributed by atoms with Crippen LogP contribution in [0.2, 0.25) is 0 Å². The lowest BCUT2D eigenvalue weighted by atomic mass is 10.3. The number of hydrogen-bond acceptors (Lipinski definition) is 4. The first kappa shape index (κ1) is 18.0. The van der Waals surface area contributed by atoms with Crippen molar-refractivity contribution in [3.63, 3.8) is 0 Å². The van der Waals surface area contributed by atoms with Gasteiger partial charge in [-0.05, 0) is 44.6 Å². The SMILES string of the molecule is CC(C)NC(=S)NNC(=O)COc1cccc(N2CCCC2=O)c1. The van der Waals surface area contributed by atoms with Gasteiger partial charge in [0.25, 0.3) is 5.91 Å². The third-order valence-electron chi connectivity index (χ3n) is 3.31. The van der Waals surface area contributed by atoms with Crippen molar-refractivity contribution < 1.29 is 14.3 Å². The van der Waals surface area contributed by atoms with Gasteiger partial charge in [-0.1, -0.05) is 6.07 Å². The second-order valence-corrected chi connectivity index (χ2v) is 6.14. The van der Waals surface area contributed by atoms with E-state index in [1.54, 1.807) is 23.1 Å². The molecule has 1 saturated heterocycles. The van der Waals surface area contributed by atoms with Crippen LogP contribution in [0.15, 0.2) is 24.3 Å². The van der Waals surface area contributed by atoms with E-state index in [0.29, 0.717) is 23.8 Å². The molecule has 0 radical (unpaired) electrons. The van der Waals surface area contributed by atoms with E-state index in [9.17, 15) is 9.59 Å². The minimum Gasteiger partial charge on any atom is -0.484 e. The summed E-state index contributed by atoms with van der Waals surface area (Å²) in [6.07, 6.45) is 1.44. The topological polar surface area (TPSA) is 82.7 Å². The second-order valence-electron chi connectivity index (χ2n) is 5.74. The fourth-order valence-corrected chi connectivity index (χ4v) is 2.56. The number of benzene rings is 1. The van der Waals surface area contributed by atoms with Crippen LogP contribution in [0.25, 0.3) is 0 Å². The highest BCUT2D eigenvalue weighted by atomic mass is 32.1. The van der Waals surface area contributed by atoms with Crippen molar-refractivity contribution in [1.29, 1.82) is 0 Å². The summed E-state index contributed by atoms with van der Waals surface area (Å²) in [5, 5.41) is 3.28. The molecule has 1 aliphatic rings. The molecule has 3 N–H and O–H groups in total. The molecule has 0 spiro atoms. The van der Waals surface area contributed by atoms with Crippen molar-refractivity contribution in [1.82, 2.24) is 16.2 Å². The van der Waals surface area contributed by atoms with Crippen molar-refractivity contribution in [3.05, 3.63) is 24.3 Å². The number of anilines is 1. The third kappa shape index (κ3) is 5.38. The average molecular weight is 350 g/mol. The predicted molar refractivity (Wildman–Crippen MR) is 95.7 cm³/mol. The van der Waals surface area contributed by atoms with Crippen LogP contribution in [0.4, 0.5) is 5.69 Å². The van der Waals surface area contributed by atoms with Crippen molar-refractivity contribution in [2.24, 2.45) is 0 Å². The molecule has 130 valence electrons. The Morgan fingerprint density at radius 2 is 2.17 bits per heavy atom. The van der Waals surface area contributed by atoms with Gasteiger partial charge in [-0.15, -0.1) is 0 Å². The van der Waals surface area contributed by atoms with Gasteiger partial charge in [0.1, 0.15) is 5.75 Å². The van der Waals surface area contributed by atoms with Crippen LogP contribution in [-0.4, -0.2) is 36.1 Å². The number of carbonyl (C=O) groups excluding carboxylic acids is 2. The number of amides is 2. The molecule has 7 nitrogen and oxygen atoms in total. The Morgan fingerprint density at radius 1 is 1.38 bits per heavy atom. The molecule has 2 amide bonds. The normalized spacial score (nSPS) is 13.8. The zero-order valence-corrected chi connectivity index (χ0v) is 14.6. The first-order valence-electron chi connectivity index (χ1n) is 7.84. The van der Waals surface area contributed by atoms with Gasteiger partial charge in [0.15, 0.2) is 11.7 Å². The fourth-order valence-electron chi connectivity index (χ4n) is 2.27. The second kappa shape index (κ2) is 8.49. The van der Waals surface area contributed by atoms with Crippen LogP contribution in [-0.2, 0) is 9.59 Å². The zero-order valence-electron chi connectivity index (χ0n) is 13.8. The standard InChI is InChI=1S/C16H22N4O3S/c1-11(2)17-16(24)19-18-14(21)10-23-13-6-3-5-12(9-13)20-8-4-7-15(20)22/h3,5-6,9,11H,4,7-8,10H2,1-2H3,(H,18,21)(H2,17,19,24). The molecule has 8 heteroatoms. The molecule has 0 bridgehead atoms. The van der Waals surface area contributed by atoms with Crippen LogP contribution < -0.4 is 25.8 Å². The molecule has 0 aromatic heterocycles. The lowest BCUT2D eigenvalue weighted by Crippen LogP contribution is -2.49. The van der Waals surface area contributed by atoms with Crippen molar-refractivity contribution in [3.8, 4) is 5.75 Å². The maximum Gasteiger partial charge on any atom is 0.276 e. The fraction of sp³-hybridized carbons (Fsp3) is 0.438. The summed E-state index contributed by atoms with van der Waals surface area (Å²) in [6, 6.07) is 7.33. The Balaban J connectivity index is 1.80. The highest BCUT2D eigenvalue weighted by molar-refractivity contribution is 7.80. The van der Waals surface area contributed by atoms with Crippen molar-refractivity contribution in [2.45, 2.75) is 32.7 Å². The lowest BCUT2D eigenvalue weighted by Gasteiger charge is -2.17. The van der Waals surface area contributed by atoms with E-state index >= 15 is 0 Å². The number of ether oxygens (including phenoxy) is 1. The van der Waals surface area contributed by atoms with E-state index in [0.717, 1.165) is 12.1 Å². The molecule has 1 aromatic rings. The maximum absolute atomic E-state index is 11.8. The van der Waals surface area contributed by atoms with Gasteiger partial charge in [0, 0.05) is 30.8 Å². The first-order valence-corrected chi connectivity index (χ1v) is 8.25. The van der Waals surface area contributed by atoms with Crippen LogP contribution in [0.1, 0.15) is 26.7 Å². The summed E-state index contributed by atoms with van der Waals surface area (Å²) in [6.45, 7) is 4.44. The van der Waals surface area contributed by atoms with Gasteiger partial charge in [-0.25, -0.2) is 0 Å². The van der Waals surface area contributed by atoms with Gasteiger partial charge >= 0.3 is 0 Å². The molecule has 0 atom stereocenters. The highest BCUT2D eigenvalue weighted by Gasteiger charge is 2.21. The van der Waals surface area contributed by atoms with E-state index in [-0.39, 0.29) is 24.5 Å². The lowest BCUT2D eigenvalue weighted by molar-refractivity contribution is -0.123. The van der Waals surface area contributed by atoms with Crippen molar-refractivity contribution >= 4 is 34.8 Å². The number of nitrogens with one attached hydrogen (secondary N) is 3. The number of nitrogens with zero attached hydrogens (tertiary/aromatic N) is 1. The molecular weight excluding hydrogens is 328 g/mol. The monoisotopic (exact) mass is 350 g/mol. The summed E-state index contributed by atoms with van der Waals surface area (Å²) in [5.74, 6) is 0.288. The van der Waals surface area contributed by atoms with Gasteiger partial charge < -0.3 is 15.0 Å². The minimum atomic E-state index is -0.356. The molecule has 0 aliphatic carbocycles. The van der Waals surface area contributed by atoms with Crippen LogP contribution in [0.3, 0.4) is 0 Å². The molecule has 1 fully saturated rings. The number of thiocarbonyl (C=S) groups is 1. The Bertz CT molecular complexity index is 621. The summed E-state index contributed by atoms with van der Waals surface area (Å²) in [7, 11) is 0. The Labute approximate surface area is 146 Å². The molecule has 0 unspecified atom stereocenters. The molecule has 1 heterocycles. The van der Waals surface area contributed by atoms with Crippen LogP contribution >= 0.6 is 12.2 Å². The molecule has 1 aromatic carbocycles. The molecule has 2 rings (SSSR count). The van der Waals surface area contributed by atoms with E-state index in [4.69, 9.17) is 17.0 Å². The quantitative estimate of drug-likeness (QED) is 0.545. The van der Waals surface area contributed by atoms with Gasteiger partial charge in [0.05, 0.1) is 0 Å². The smallest absolute Gasteiger partial charge is 0.276 e. The third-order valence-corrected chi connectivity index (χ3v) is 3.53. The first-order chi connectivity index (χ1) is 11.5. The minimum absolute atomic E-state index is 0.111. The zero-order chi connectivity index (χ0) is 17.5. The van der Waals surface area contributed by atoms with E-state index < -0.39 is 0 Å². The van der Waals surface area contributed by atoms with Gasteiger partial charge in [-0.3, -0.25) is 20.4 Å². The van der Waals surface area contributed by atoms with Gasteiger partial charge in [-0.2, -0.15) is 0 Å². The summed E-state index contributed by atoms with van der Waals surface area (Å²) in [5.41, 5.74) is 5.84. The molecule has 24 heavy (non-hydrogen) atoms. The van der Waals surface area contributed by atoms with E-state index in [2.05, 4.69) is 16.2 Å². The number of hydrazine groups is 1. The molecule has 0 saturated carbocycles. The Hall–Kier alpha value is -2.35. The van der Waals surface area contributed by atoms with Gasteiger partial charge in [0.2, 0.25) is 5.91 Å². The Morgan fingerprint density at radius 3 is 2.83 bits per heavy atom. The molecular formula is C16H22N4O3S. The highest BCUT2D eigenvalue weighted by Crippen LogP contribution is 2.25. The summed E-state index contributed by atoms with van der Waals surface area (Å²) >= 11 is 5.00. The number of rotatable bonds is 5. The Kier molecular flexibility index (Phi) is 6.36. The maximum atomic E-state index is 11.8. The van der Waals surface area contributed by atoms with E-state index in [1.165, 1.54) is 0 Å². The van der Waals surface area contributed by atoms with Crippen LogP contribution in [0.5, 0.6) is 5.75 Å². The number of hydrogen-bond donors (Lipinski definition) is 3. The summed E-state index contributed by atoms with van der Waals surface area (Å²) < 4.78 is 5.46. The van der Waals surface area contributed by atoms with E-state index in [1.807, 2.05) is 19.9 Å². The number of carbonyl (C=O) groups is 2.